The number of hydrogen-bond donors (Lipinski definition) is 0. The highest BCUT2D eigenvalue weighted by Crippen LogP contribution is 2.29. The molecular weight excluding hydrogens is 410 g/mol. The Balaban J connectivity index is 1.48. The molecule has 0 amide bonds. The Bertz CT molecular complexity index is 936. The van der Waals surface area contributed by atoms with Gasteiger partial charge in [-0.15, -0.1) is 0 Å². The second-order valence-electron chi connectivity index (χ2n) is 9.17. The molecule has 3 heterocycles. The van der Waals surface area contributed by atoms with Gasteiger partial charge >= 0.3 is 0 Å². The number of aromatic nitrogens is 1. The van der Waals surface area contributed by atoms with Crippen LogP contribution in [0.25, 0.3) is 0 Å². The van der Waals surface area contributed by atoms with Gasteiger partial charge in [0.2, 0.25) is 0 Å². The zero-order valence-corrected chi connectivity index (χ0v) is 20.0. The molecule has 1 atom stereocenters. The molecule has 0 unspecified atom stereocenters. The molecule has 0 N–H and O–H groups in total. The molecule has 1 aromatic carbocycles. The Morgan fingerprint density at radius 1 is 1.06 bits per heavy atom. The molecule has 1 fully saturated rings. The van der Waals surface area contributed by atoms with Gasteiger partial charge in [0, 0.05) is 32.4 Å². The van der Waals surface area contributed by atoms with Gasteiger partial charge in [0.25, 0.3) is 0 Å². The lowest BCUT2D eigenvalue weighted by atomic mass is 9.84. The SMILES string of the molecule is COCCN(Cc1ccccn1)[C@H](Cc1ccccc1)C1CCN(Cc2ccc(C)o2)CC1. The van der Waals surface area contributed by atoms with Crippen LogP contribution in [-0.4, -0.2) is 54.2 Å². The first-order valence-electron chi connectivity index (χ1n) is 12.2. The molecule has 1 aliphatic rings. The lowest BCUT2D eigenvalue weighted by Gasteiger charge is -2.41. The van der Waals surface area contributed by atoms with E-state index in [9.17, 15) is 0 Å². The fraction of sp³-hybridized carbons (Fsp3) is 0.464. The van der Waals surface area contributed by atoms with Crippen molar-refractivity contribution in [2.75, 3.05) is 33.4 Å². The van der Waals surface area contributed by atoms with Crippen molar-refractivity contribution in [1.82, 2.24) is 14.8 Å². The van der Waals surface area contributed by atoms with E-state index in [2.05, 4.69) is 69.4 Å². The molecule has 1 saturated heterocycles. The number of likely N-dealkylation sites (tertiary alicyclic amines) is 1. The number of rotatable bonds is 11. The zero-order chi connectivity index (χ0) is 22.9. The van der Waals surface area contributed by atoms with E-state index < -0.39 is 0 Å². The van der Waals surface area contributed by atoms with E-state index in [4.69, 9.17) is 9.15 Å². The average molecular weight is 448 g/mol. The molecule has 5 heteroatoms. The molecule has 5 nitrogen and oxygen atoms in total. The predicted octanol–water partition coefficient (Wildman–Crippen LogP) is 4.95. The van der Waals surface area contributed by atoms with Crippen molar-refractivity contribution < 1.29 is 9.15 Å². The van der Waals surface area contributed by atoms with Crippen molar-refractivity contribution in [3.8, 4) is 0 Å². The Morgan fingerprint density at radius 3 is 2.52 bits per heavy atom. The van der Waals surface area contributed by atoms with Crippen LogP contribution in [-0.2, 0) is 24.2 Å². The molecule has 0 radical (unpaired) electrons. The molecule has 0 spiro atoms. The first-order chi connectivity index (χ1) is 16.2. The van der Waals surface area contributed by atoms with E-state index >= 15 is 0 Å². The maximum atomic E-state index is 5.82. The smallest absolute Gasteiger partial charge is 0.118 e. The summed E-state index contributed by atoms with van der Waals surface area (Å²) in [5, 5.41) is 0. The minimum Gasteiger partial charge on any atom is -0.465 e. The first-order valence-corrected chi connectivity index (χ1v) is 12.2. The van der Waals surface area contributed by atoms with Crippen molar-refractivity contribution >= 4 is 0 Å². The monoisotopic (exact) mass is 447 g/mol. The van der Waals surface area contributed by atoms with E-state index in [-0.39, 0.29) is 0 Å². The summed E-state index contributed by atoms with van der Waals surface area (Å²) in [7, 11) is 1.79. The number of piperidine rings is 1. The highest BCUT2D eigenvalue weighted by atomic mass is 16.5. The van der Waals surface area contributed by atoms with Crippen molar-refractivity contribution in [3.63, 3.8) is 0 Å². The third-order valence-corrected chi connectivity index (χ3v) is 6.78. The number of hydrogen-bond acceptors (Lipinski definition) is 5. The predicted molar refractivity (Wildman–Crippen MR) is 132 cm³/mol. The average Bonchev–Trinajstić information content (AvgIpc) is 3.26. The summed E-state index contributed by atoms with van der Waals surface area (Å²) < 4.78 is 11.3. The van der Waals surface area contributed by atoms with Crippen LogP contribution in [0.3, 0.4) is 0 Å². The van der Waals surface area contributed by atoms with E-state index in [1.807, 2.05) is 19.2 Å². The summed E-state index contributed by atoms with van der Waals surface area (Å²) in [6, 6.07) is 21.8. The highest BCUT2D eigenvalue weighted by Gasteiger charge is 2.31. The Labute approximate surface area is 198 Å². The third kappa shape index (κ3) is 7.00. The van der Waals surface area contributed by atoms with Gasteiger partial charge in [-0.2, -0.15) is 0 Å². The summed E-state index contributed by atoms with van der Waals surface area (Å²) in [4.78, 5) is 9.76. The van der Waals surface area contributed by atoms with Gasteiger partial charge in [-0.3, -0.25) is 14.8 Å². The number of benzene rings is 1. The standard InChI is InChI=1S/C28H37N3O2/c1-23-11-12-27(33-23)22-30-16-13-25(14-17-30)28(20-24-8-4-3-5-9-24)31(18-19-32-2)21-26-10-6-7-15-29-26/h3-12,15,25,28H,13-14,16-22H2,1-2H3/t28-/m1/s1. The van der Waals surface area contributed by atoms with Crippen LogP contribution in [0.4, 0.5) is 0 Å². The van der Waals surface area contributed by atoms with Crippen LogP contribution in [0.1, 0.15) is 35.6 Å². The zero-order valence-electron chi connectivity index (χ0n) is 20.0. The third-order valence-electron chi connectivity index (χ3n) is 6.78. The van der Waals surface area contributed by atoms with Crippen LogP contribution in [0.2, 0.25) is 0 Å². The molecule has 2 aromatic heterocycles. The summed E-state index contributed by atoms with van der Waals surface area (Å²) >= 11 is 0. The quantitative estimate of drug-likeness (QED) is 0.416. The Hall–Kier alpha value is -2.47. The van der Waals surface area contributed by atoms with E-state index in [0.29, 0.717) is 12.0 Å². The van der Waals surface area contributed by atoms with Crippen LogP contribution >= 0.6 is 0 Å². The topological polar surface area (TPSA) is 41.7 Å². The van der Waals surface area contributed by atoms with Gasteiger partial charge in [0.1, 0.15) is 11.5 Å². The van der Waals surface area contributed by atoms with Gasteiger partial charge in [0.15, 0.2) is 0 Å². The molecular formula is C28H37N3O2. The van der Waals surface area contributed by atoms with Crippen LogP contribution in [0, 0.1) is 12.8 Å². The second kappa shape index (κ2) is 12.1. The van der Waals surface area contributed by atoms with Crippen molar-refractivity contribution in [2.24, 2.45) is 5.92 Å². The van der Waals surface area contributed by atoms with E-state index in [0.717, 1.165) is 63.0 Å². The van der Waals surface area contributed by atoms with Crippen LogP contribution in [0.5, 0.6) is 0 Å². The first kappa shape index (κ1) is 23.7. The highest BCUT2D eigenvalue weighted by molar-refractivity contribution is 5.17. The molecule has 176 valence electrons. The van der Waals surface area contributed by atoms with Crippen LogP contribution in [0.15, 0.2) is 71.3 Å². The minimum atomic E-state index is 0.456. The number of nitrogens with zero attached hydrogens (tertiary/aromatic N) is 3. The number of furan rings is 1. The normalized spacial score (nSPS) is 16.3. The van der Waals surface area contributed by atoms with Crippen molar-refractivity contribution in [2.45, 2.75) is 45.3 Å². The number of ether oxygens (including phenoxy) is 1. The molecule has 0 aliphatic carbocycles. The summed E-state index contributed by atoms with van der Waals surface area (Å²) in [5.41, 5.74) is 2.52. The molecule has 33 heavy (non-hydrogen) atoms. The largest absolute Gasteiger partial charge is 0.465 e. The maximum Gasteiger partial charge on any atom is 0.118 e. The number of methoxy groups -OCH3 is 1. The number of pyridine rings is 1. The maximum absolute atomic E-state index is 5.82. The van der Waals surface area contributed by atoms with Crippen molar-refractivity contribution in [1.29, 1.82) is 0 Å². The Kier molecular flexibility index (Phi) is 8.70. The van der Waals surface area contributed by atoms with E-state index in [1.165, 1.54) is 18.4 Å². The van der Waals surface area contributed by atoms with Gasteiger partial charge in [-0.1, -0.05) is 36.4 Å². The van der Waals surface area contributed by atoms with E-state index in [1.54, 1.807) is 7.11 Å². The van der Waals surface area contributed by atoms with Crippen molar-refractivity contribution in [3.05, 3.63) is 89.6 Å². The van der Waals surface area contributed by atoms with Gasteiger partial charge < -0.3 is 9.15 Å². The van der Waals surface area contributed by atoms with Gasteiger partial charge in [-0.05, 0) is 75.0 Å². The Morgan fingerprint density at radius 2 is 1.85 bits per heavy atom. The van der Waals surface area contributed by atoms with Gasteiger partial charge in [0.05, 0.1) is 18.8 Å². The molecule has 3 aromatic rings. The number of aryl methyl sites for hydroxylation is 1. The van der Waals surface area contributed by atoms with Crippen LogP contribution < -0.4 is 0 Å². The fourth-order valence-corrected chi connectivity index (χ4v) is 5.01. The fourth-order valence-electron chi connectivity index (χ4n) is 5.01. The summed E-state index contributed by atoms with van der Waals surface area (Å²) in [5.74, 6) is 2.70. The molecule has 0 bridgehead atoms. The lowest BCUT2D eigenvalue weighted by molar-refractivity contribution is 0.0550. The molecule has 0 saturated carbocycles. The molecule has 4 rings (SSSR count). The minimum absolute atomic E-state index is 0.456. The molecule has 1 aliphatic heterocycles. The van der Waals surface area contributed by atoms with Gasteiger partial charge in [-0.25, -0.2) is 0 Å². The second-order valence-corrected chi connectivity index (χ2v) is 9.17. The summed E-state index contributed by atoms with van der Waals surface area (Å²) in [6.45, 7) is 7.64. The lowest BCUT2D eigenvalue weighted by Crippen LogP contribution is -2.47. The summed E-state index contributed by atoms with van der Waals surface area (Å²) in [6.07, 6.45) is 5.34.